The molecule has 4 heteroatoms. The van der Waals surface area contributed by atoms with Gasteiger partial charge in [0.2, 0.25) is 0 Å². The van der Waals surface area contributed by atoms with Crippen molar-refractivity contribution in [2.24, 2.45) is 0 Å². The summed E-state index contributed by atoms with van der Waals surface area (Å²) in [6.07, 6.45) is 1.77. The van der Waals surface area contributed by atoms with Crippen LogP contribution in [0.5, 0.6) is 0 Å². The molecule has 1 heterocycles. The first-order valence-corrected chi connectivity index (χ1v) is 6.95. The second-order valence-corrected chi connectivity index (χ2v) is 5.49. The first kappa shape index (κ1) is 14.2. The molecule has 100 valence electrons. The van der Waals surface area contributed by atoms with Crippen LogP contribution in [0.3, 0.4) is 0 Å². The van der Waals surface area contributed by atoms with Crippen molar-refractivity contribution in [1.29, 1.82) is 0 Å². The van der Waals surface area contributed by atoms with E-state index in [0.29, 0.717) is 12.1 Å². The molecule has 1 N–H and O–H groups in total. The predicted molar refractivity (Wildman–Crippen MR) is 78.3 cm³/mol. The number of nitrogens with zero attached hydrogens (tertiary/aromatic N) is 1. The minimum atomic E-state index is -0.159. The molecule has 19 heavy (non-hydrogen) atoms. The molecule has 0 radical (unpaired) electrons. The Morgan fingerprint density at radius 2 is 2.11 bits per heavy atom. The standard InChI is InChI=1S/C15H16BrFN2/c1-10-3-4-12(7-15(10)17)11(2)18-9-14-6-5-13(16)8-19-14/h3-8,11,18H,9H2,1-2H3. The molecule has 1 unspecified atom stereocenters. The highest BCUT2D eigenvalue weighted by molar-refractivity contribution is 9.10. The summed E-state index contributed by atoms with van der Waals surface area (Å²) < 4.78 is 14.5. The molecule has 1 aromatic heterocycles. The lowest BCUT2D eigenvalue weighted by Gasteiger charge is -2.14. The van der Waals surface area contributed by atoms with E-state index in [2.05, 4.69) is 26.2 Å². The molecule has 0 amide bonds. The number of rotatable bonds is 4. The van der Waals surface area contributed by atoms with E-state index in [1.807, 2.05) is 25.1 Å². The Hall–Kier alpha value is -1.26. The zero-order chi connectivity index (χ0) is 13.8. The van der Waals surface area contributed by atoms with Gasteiger partial charge in [0, 0.05) is 23.3 Å². The van der Waals surface area contributed by atoms with Gasteiger partial charge in [-0.25, -0.2) is 4.39 Å². The van der Waals surface area contributed by atoms with Crippen LogP contribution in [0.15, 0.2) is 41.0 Å². The summed E-state index contributed by atoms with van der Waals surface area (Å²) in [5.74, 6) is -0.159. The van der Waals surface area contributed by atoms with Crippen molar-refractivity contribution < 1.29 is 4.39 Å². The molecule has 1 atom stereocenters. The van der Waals surface area contributed by atoms with Crippen LogP contribution in [0.25, 0.3) is 0 Å². The molecule has 0 saturated heterocycles. The summed E-state index contributed by atoms with van der Waals surface area (Å²) in [5, 5.41) is 3.34. The van der Waals surface area contributed by atoms with Gasteiger partial charge in [0.15, 0.2) is 0 Å². The van der Waals surface area contributed by atoms with E-state index < -0.39 is 0 Å². The van der Waals surface area contributed by atoms with E-state index >= 15 is 0 Å². The lowest BCUT2D eigenvalue weighted by atomic mass is 10.1. The monoisotopic (exact) mass is 322 g/mol. The molecule has 2 rings (SSSR count). The Labute approximate surface area is 121 Å². The summed E-state index contributed by atoms with van der Waals surface area (Å²) in [5.41, 5.74) is 2.58. The summed E-state index contributed by atoms with van der Waals surface area (Å²) in [6.45, 7) is 4.44. The van der Waals surface area contributed by atoms with Crippen molar-refractivity contribution in [2.75, 3.05) is 0 Å². The summed E-state index contributed by atoms with van der Waals surface area (Å²) >= 11 is 3.35. The fourth-order valence-electron chi connectivity index (χ4n) is 1.76. The molecule has 0 saturated carbocycles. The smallest absolute Gasteiger partial charge is 0.126 e. The van der Waals surface area contributed by atoms with Gasteiger partial charge in [0.05, 0.1) is 5.69 Å². The lowest BCUT2D eigenvalue weighted by Crippen LogP contribution is -2.18. The topological polar surface area (TPSA) is 24.9 Å². The van der Waals surface area contributed by atoms with Gasteiger partial charge < -0.3 is 5.32 Å². The number of hydrogen-bond donors (Lipinski definition) is 1. The third kappa shape index (κ3) is 3.85. The Kier molecular flexibility index (Phi) is 4.66. The van der Waals surface area contributed by atoms with E-state index in [1.165, 1.54) is 0 Å². The minimum Gasteiger partial charge on any atom is -0.305 e. The number of aryl methyl sites for hydroxylation is 1. The highest BCUT2D eigenvalue weighted by atomic mass is 79.9. The number of benzene rings is 1. The fraction of sp³-hybridized carbons (Fsp3) is 0.267. The number of halogens is 2. The van der Waals surface area contributed by atoms with Gasteiger partial charge in [-0.2, -0.15) is 0 Å². The Morgan fingerprint density at radius 3 is 2.74 bits per heavy atom. The molecule has 0 aliphatic carbocycles. The van der Waals surface area contributed by atoms with Crippen LogP contribution in [0.1, 0.15) is 29.8 Å². The van der Waals surface area contributed by atoms with Crippen LogP contribution in [-0.4, -0.2) is 4.98 Å². The van der Waals surface area contributed by atoms with Crippen LogP contribution in [0, 0.1) is 12.7 Å². The van der Waals surface area contributed by atoms with Gasteiger partial charge in [-0.05, 0) is 59.1 Å². The van der Waals surface area contributed by atoms with E-state index in [1.54, 1.807) is 25.3 Å². The average molecular weight is 323 g/mol. The van der Waals surface area contributed by atoms with E-state index in [9.17, 15) is 4.39 Å². The summed E-state index contributed by atoms with van der Waals surface area (Å²) in [7, 11) is 0. The first-order valence-electron chi connectivity index (χ1n) is 6.16. The van der Waals surface area contributed by atoms with Gasteiger partial charge in [0.25, 0.3) is 0 Å². The third-order valence-corrected chi connectivity index (χ3v) is 3.54. The molecular weight excluding hydrogens is 307 g/mol. The van der Waals surface area contributed by atoms with Crippen molar-refractivity contribution in [3.05, 3.63) is 63.6 Å². The molecule has 0 bridgehead atoms. The maximum atomic E-state index is 13.5. The van der Waals surface area contributed by atoms with Gasteiger partial charge in [-0.3, -0.25) is 4.98 Å². The Morgan fingerprint density at radius 1 is 1.32 bits per heavy atom. The van der Waals surface area contributed by atoms with Crippen molar-refractivity contribution in [2.45, 2.75) is 26.4 Å². The quantitative estimate of drug-likeness (QED) is 0.915. The number of nitrogens with one attached hydrogen (secondary N) is 1. The van der Waals surface area contributed by atoms with Crippen LogP contribution in [0.4, 0.5) is 4.39 Å². The van der Waals surface area contributed by atoms with Gasteiger partial charge >= 0.3 is 0 Å². The minimum absolute atomic E-state index is 0.0838. The van der Waals surface area contributed by atoms with Crippen molar-refractivity contribution in [3.63, 3.8) is 0 Å². The molecule has 0 fully saturated rings. The van der Waals surface area contributed by atoms with Crippen LogP contribution in [0.2, 0.25) is 0 Å². The van der Waals surface area contributed by atoms with Crippen molar-refractivity contribution in [3.8, 4) is 0 Å². The van der Waals surface area contributed by atoms with E-state index in [0.717, 1.165) is 15.7 Å². The summed E-state index contributed by atoms with van der Waals surface area (Å²) in [4.78, 5) is 4.29. The highest BCUT2D eigenvalue weighted by Gasteiger charge is 2.07. The number of pyridine rings is 1. The van der Waals surface area contributed by atoms with Gasteiger partial charge in [-0.1, -0.05) is 12.1 Å². The van der Waals surface area contributed by atoms with Crippen molar-refractivity contribution >= 4 is 15.9 Å². The SMILES string of the molecule is Cc1ccc(C(C)NCc2ccc(Br)cn2)cc1F. The molecule has 1 aromatic carbocycles. The molecular formula is C15H16BrFN2. The zero-order valence-electron chi connectivity index (χ0n) is 11.0. The molecule has 2 nitrogen and oxygen atoms in total. The number of aromatic nitrogens is 1. The van der Waals surface area contributed by atoms with Crippen LogP contribution in [-0.2, 0) is 6.54 Å². The Bertz CT molecular complexity index is 555. The van der Waals surface area contributed by atoms with Crippen LogP contribution >= 0.6 is 15.9 Å². The maximum Gasteiger partial charge on any atom is 0.126 e. The van der Waals surface area contributed by atoms with E-state index in [4.69, 9.17) is 0 Å². The maximum absolute atomic E-state index is 13.5. The number of hydrogen-bond acceptors (Lipinski definition) is 2. The molecule has 0 aliphatic rings. The van der Waals surface area contributed by atoms with Crippen LogP contribution < -0.4 is 5.32 Å². The zero-order valence-corrected chi connectivity index (χ0v) is 12.5. The predicted octanol–water partition coefficient (Wildman–Crippen LogP) is 4.14. The fourth-order valence-corrected chi connectivity index (χ4v) is 2.00. The lowest BCUT2D eigenvalue weighted by molar-refractivity contribution is 0.557. The van der Waals surface area contributed by atoms with Crippen molar-refractivity contribution in [1.82, 2.24) is 10.3 Å². The second kappa shape index (κ2) is 6.26. The molecule has 0 aliphatic heterocycles. The second-order valence-electron chi connectivity index (χ2n) is 4.58. The first-order chi connectivity index (χ1) is 9.06. The third-order valence-electron chi connectivity index (χ3n) is 3.07. The largest absolute Gasteiger partial charge is 0.305 e. The summed E-state index contributed by atoms with van der Waals surface area (Å²) in [6, 6.07) is 9.34. The molecule has 0 spiro atoms. The Balaban J connectivity index is 1.98. The molecule has 2 aromatic rings. The average Bonchev–Trinajstić information content (AvgIpc) is 2.41. The highest BCUT2D eigenvalue weighted by Crippen LogP contribution is 2.17. The van der Waals surface area contributed by atoms with Gasteiger partial charge in [0.1, 0.15) is 5.82 Å². The normalized spacial score (nSPS) is 12.4. The van der Waals surface area contributed by atoms with Gasteiger partial charge in [-0.15, -0.1) is 0 Å². The van der Waals surface area contributed by atoms with E-state index in [-0.39, 0.29) is 11.9 Å².